The zero-order valence-corrected chi connectivity index (χ0v) is 23.3. The first-order chi connectivity index (χ1) is 17.2. The van der Waals surface area contributed by atoms with E-state index in [1.807, 2.05) is 13.0 Å². The van der Waals surface area contributed by atoms with Crippen molar-refractivity contribution < 1.29 is 19.4 Å². The number of hydrogen-bond donors (Lipinski definition) is 2. The monoisotopic (exact) mass is 534 g/mol. The molecule has 10 heteroatoms. The third-order valence-corrected chi connectivity index (χ3v) is 6.86. The molecule has 1 saturated carbocycles. The van der Waals surface area contributed by atoms with E-state index in [1.54, 1.807) is 26.2 Å². The fraction of sp³-hybridized carbons (Fsp3) is 0.462. The van der Waals surface area contributed by atoms with Crippen molar-refractivity contribution in [2.45, 2.75) is 65.9 Å². The molecule has 2 heterocycles. The van der Waals surface area contributed by atoms with Gasteiger partial charge in [0.15, 0.2) is 0 Å². The number of nitrogens with zero attached hydrogens (tertiary/aromatic N) is 3. The van der Waals surface area contributed by atoms with Gasteiger partial charge in [-0.15, -0.1) is 5.10 Å². The van der Waals surface area contributed by atoms with Crippen LogP contribution in [0.1, 0.15) is 65.4 Å². The highest BCUT2D eigenvalue weighted by molar-refractivity contribution is 7.17. The number of aliphatic hydroxyl groups is 1. The summed E-state index contributed by atoms with van der Waals surface area (Å²) in [4.78, 5) is 17.2. The Labute approximate surface area is 222 Å². The Bertz CT molecular complexity index is 1120. The maximum atomic E-state index is 13.1. The number of aliphatic hydroxyl groups excluding tert-OH is 1. The molecule has 0 aromatic carbocycles. The van der Waals surface area contributed by atoms with Crippen molar-refractivity contribution in [2.75, 3.05) is 19.5 Å². The molecule has 0 unspecified atom stereocenters. The van der Waals surface area contributed by atoms with Crippen LogP contribution in [0.5, 0.6) is 10.9 Å². The first kappa shape index (κ1) is 29.5. The topological polar surface area (TPSA) is 106 Å². The van der Waals surface area contributed by atoms with Crippen LogP contribution < -0.4 is 14.8 Å². The van der Waals surface area contributed by atoms with Crippen LogP contribution in [-0.2, 0) is 4.79 Å². The van der Waals surface area contributed by atoms with E-state index in [-0.39, 0.29) is 12.0 Å². The Balaban J connectivity index is 0.000000662. The summed E-state index contributed by atoms with van der Waals surface area (Å²) in [5.74, 6) is 0.178. The molecular formula is C26H35ClN4O4S. The molecule has 2 aromatic rings. The van der Waals surface area contributed by atoms with Crippen molar-refractivity contribution in [2.24, 2.45) is 0 Å². The summed E-state index contributed by atoms with van der Waals surface area (Å²) in [6.45, 7) is 7.95. The molecule has 196 valence electrons. The molecule has 1 aliphatic rings. The first-order valence-corrected chi connectivity index (χ1v) is 13.0. The maximum absolute atomic E-state index is 13.1. The van der Waals surface area contributed by atoms with Gasteiger partial charge in [0, 0.05) is 11.1 Å². The summed E-state index contributed by atoms with van der Waals surface area (Å²) in [6.07, 6.45) is 10.7. The van der Waals surface area contributed by atoms with Gasteiger partial charge in [0.2, 0.25) is 5.13 Å². The van der Waals surface area contributed by atoms with E-state index in [2.05, 4.69) is 34.3 Å². The molecule has 0 bridgehead atoms. The molecule has 2 aromatic heterocycles. The number of hydrogen-bond acceptors (Lipinski definition) is 8. The molecule has 1 aliphatic carbocycles. The second kappa shape index (κ2) is 14.7. The van der Waals surface area contributed by atoms with Crippen molar-refractivity contribution in [3.63, 3.8) is 0 Å². The van der Waals surface area contributed by atoms with E-state index in [0.717, 1.165) is 36.2 Å². The Morgan fingerprint density at radius 1 is 1.25 bits per heavy atom. The number of ether oxygens (including phenoxy) is 2. The maximum Gasteiger partial charge on any atom is 0.295 e. The summed E-state index contributed by atoms with van der Waals surface area (Å²) in [6, 6.07) is 1.69. The number of halogens is 1. The van der Waals surface area contributed by atoms with Crippen LogP contribution in [-0.4, -0.2) is 46.5 Å². The molecule has 0 saturated heterocycles. The Morgan fingerprint density at radius 2 is 1.94 bits per heavy atom. The third-order valence-electron chi connectivity index (χ3n) is 5.86. The van der Waals surface area contributed by atoms with E-state index >= 15 is 0 Å². The molecule has 1 fully saturated rings. The van der Waals surface area contributed by atoms with Crippen molar-refractivity contribution in [1.82, 2.24) is 15.2 Å². The lowest BCUT2D eigenvalue weighted by atomic mass is 9.93. The predicted molar refractivity (Wildman–Crippen MR) is 146 cm³/mol. The van der Waals surface area contributed by atoms with Crippen molar-refractivity contribution in [1.29, 1.82) is 0 Å². The summed E-state index contributed by atoms with van der Waals surface area (Å²) >= 11 is 7.30. The lowest BCUT2D eigenvalue weighted by molar-refractivity contribution is -0.112. The van der Waals surface area contributed by atoms with Gasteiger partial charge in [0.25, 0.3) is 11.1 Å². The quantitative estimate of drug-likeness (QED) is 0.234. The van der Waals surface area contributed by atoms with E-state index in [9.17, 15) is 4.79 Å². The Morgan fingerprint density at radius 3 is 2.44 bits per heavy atom. The van der Waals surface area contributed by atoms with E-state index < -0.39 is 0 Å². The number of methoxy groups -OCH3 is 2. The fourth-order valence-electron chi connectivity index (χ4n) is 3.53. The van der Waals surface area contributed by atoms with Crippen LogP contribution in [0.25, 0.3) is 5.57 Å². The number of amides is 1. The van der Waals surface area contributed by atoms with Gasteiger partial charge in [-0.3, -0.25) is 10.1 Å². The number of pyridine rings is 1. The molecule has 1 amide bonds. The van der Waals surface area contributed by atoms with Gasteiger partial charge >= 0.3 is 0 Å². The predicted octanol–water partition coefficient (Wildman–Crippen LogP) is 6.24. The molecule has 8 nitrogen and oxygen atoms in total. The summed E-state index contributed by atoms with van der Waals surface area (Å²) in [5.41, 5.74) is 4.02. The number of nitrogens with one attached hydrogen (secondary N) is 1. The minimum atomic E-state index is -0.334. The third kappa shape index (κ3) is 8.43. The van der Waals surface area contributed by atoms with Gasteiger partial charge in [0.1, 0.15) is 10.9 Å². The average Bonchev–Trinajstić information content (AvgIpc) is 3.54. The van der Waals surface area contributed by atoms with Gasteiger partial charge in [-0.05, 0) is 63.0 Å². The lowest BCUT2D eigenvalue weighted by Gasteiger charge is -2.16. The number of carbonyl (C=O) groups excluding carboxylic acids is 1. The van der Waals surface area contributed by atoms with Gasteiger partial charge in [-0.1, -0.05) is 59.8 Å². The number of aromatic nitrogens is 3. The van der Waals surface area contributed by atoms with Crippen LogP contribution in [0, 0.1) is 0 Å². The number of anilines is 1. The number of carbonyl (C=O) groups is 1. The standard InChI is InChI=1S/C21H25ClN4O3S.C5H10O/c1-7-12(3)13(4)9-15(16-10-18(22)23-11-17(16)28-5)14(8-2)19(27)24-20-25-26-21(29-6)30-20;6-5-3-1-2-4-5/h8-11H,7H2,1-6H3,(H,24,25,27);5-6H,1-4H2/b13-12?,14-8+,15-9+;. The highest BCUT2D eigenvalue weighted by atomic mass is 35.5. The fourth-order valence-corrected chi connectivity index (χ4v) is 4.24. The lowest BCUT2D eigenvalue weighted by Crippen LogP contribution is -2.16. The zero-order valence-electron chi connectivity index (χ0n) is 21.7. The second-order valence-corrected chi connectivity index (χ2v) is 9.58. The molecule has 0 radical (unpaired) electrons. The molecule has 3 rings (SSSR count). The minimum Gasteiger partial charge on any atom is -0.494 e. The summed E-state index contributed by atoms with van der Waals surface area (Å²) in [7, 11) is 3.05. The molecule has 36 heavy (non-hydrogen) atoms. The smallest absolute Gasteiger partial charge is 0.295 e. The van der Waals surface area contributed by atoms with E-state index in [1.165, 1.54) is 31.7 Å². The minimum absolute atomic E-state index is 0.0463. The summed E-state index contributed by atoms with van der Waals surface area (Å²) in [5, 5.41) is 20.3. The van der Waals surface area contributed by atoms with Gasteiger partial charge in [-0.25, -0.2) is 4.98 Å². The highest BCUT2D eigenvalue weighted by Gasteiger charge is 2.21. The van der Waals surface area contributed by atoms with Crippen LogP contribution in [0.3, 0.4) is 0 Å². The largest absolute Gasteiger partial charge is 0.494 e. The van der Waals surface area contributed by atoms with Gasteiger partial charge in [-0.2, -0.15) is 0 Å². The average molecular weight is 535 g/mol. The Hall–Kier alpha value is -2.75. The normalized spacial score (nSPS) is 15.1. The zero-order chi connectivity index (χ0) is 26.7. The molecule has 0 aliphatic heterocycles. The van der Waals surface area contributed by atoms with Gasteiger partial charge < -0.3 is 14.6 Å². The SMILES string of the molecule is C/C=C(C(=O)Nc1nnc(OC)s1)\C(=C/C(C)=C(C)CC)c1cc(Cl)ncc1OC.OC1CCCC1. The van der Waals surface area contributed by atoms with Crippen LogP contribution in [0.4, 0.5) is 5.13 Å². The van der Waals surface area contributed by atoms with E-state index in [4.69, 9.17) is 26.2 Å². The van der Waals surface area contributed by atoms with Crippen LogP contribution in [0.15, 0.2) is 41.1 Å². The second-order valence-electron chi connectivity index (χ2n) is 8.25. The van der Waals surface area contributed by atoms with Crippen molar-refractivity contribution in [3.8, 4) is 10.9 Å². The van der Waals surface area contributed by atoms with Crippen LogP contribution in [0.2, 0.25) is 5.15 Å². The van der Waals surface area contributed by atoms with Gasteiger partial charge in [0.05, 0.1) is 26.5 Å². The van der Waals surface area contributed by atoms with Crippen molar-refractivity contribution >= 4 is 39.5 Å². The Kier molecular flexibility index (Phi) is 12.1. The molecule has 0 atom stereocenters. The number of allylic oxidation sites excluding steroid dienone is 4. The molecular weight excluding hydrogens is 500 g/mol. The van der Waals surface area contributed by atoms with E-state index in [0.29, 0.717) is 37.9 Å². The molecule has 0 spiro atoms. The molecule has 2 N–H and O–H groups in total. The van der Waals surface area contributed by atoms with Crippen LogP contribution >= 0.6 is 22.9 Å². The summed E-state index contributed by atoms with van der Waals surface area (Å²) < 4.78 is 10.5. The van der Waals surface area contributed by atoms with Crippen molar-refractivity contribution in [3.05, 3.63) is 51.9 Å². The highest BCUT2D eigenvalue weighted by Crippen LogP contribution is 2.34. The number of rotatable bonds is 8. The first-order valence-electron chi connectivity index (χ1n) is 11.8.